The van der Waals surface area contributed by atoms with Crippen molar-refractivity contribution in [3.63, 3.8) is 0 Å². The number of nitrogens with one attached hydrogen (secondary N) is 2. The molecule has 0 amide bonds. The highest BCUT2D eigenvalue weighted by Gasteiger charge is 2.43. The van der Waals surface area contributed by atoms with Gasteiger partial charge in [0.1, 0.15) is 5.75 Å². The fourth-order valence-corrected chi connectivity index (χ4v) is 5.13. The van der Waals surface area contributed by atoms with E-state index in [2.05, 4.69) is 19.7 Å². The third-order valence-corrected chi connectivity index (χ3v) is 6.63. The molecule has 2 atom stereocenters. The van der Waals surface area contributed by atoms with Gasteiger partial charge in [0, 0.05) is 19.6 Å². The summed E-state index contributed by atoms with van der Waals surface area (Å²) in [5.41, 5.74) is 0.984. The Labute approximate surface area is 167 Å². The van der Waals surface area contributed by atoms with E-state index in [1.165, 1.54) is 12.1 Å². The Balaban J connectivity index is 1.45. The normalized spacial score (nSPS) is 27.3. The average Bonchev–Trinajstić information content (AvgIpc) is 2.99. The zero-order chi connectivity index (χ0) is 20.7. The van der Waals surface area contributed by atoms with Crippen molar-refractivity contribution >= 4 is 16.1 Å². The number of fused-ring (bicyclic) bond motifs is 1. The Morgan fingerprint density at radius 1 is 1.17 bits per heavy atom. The second kappa shape index (κ2) is 7.28. The van der Waals surface area contributed by atoms with Crippen molar-refractivity contribution < 1.29 is 26.7 Å². The molecule has 2 aliphatic rings. The zero-order valence-corrected chi connectivity index (χ0v) is 16.2. The zero-order valence-electron chi connectivity index (χ0n) is 15.4. The second-order valence-electron chi connectivity index (χ2n) is 7.38. The van der Waals surface area contributed by atoms with Crippen molar-refractivity contribution in [2.24, 2.45) is 0 Å². The molecule has 0 aliphatic carbocycles. The van der Waals surface area contributed by atoms with Gasteiger partial charge in [-0.3, -0.25) is 4.90 Å². The van der Waals surface area contributed by atoms with E-state index >= 15 is 0 Å². The first kappa shape index (κ1) is 20.1. The number of para-hydroxylation sites is 1. The van der Waals surface area contributed by atoms with E-state index in [4.69, 9.17) is 0 Å². The third kappa shape index (κ3) is 4.55. The summed E-state index contributed by atoms with van der Waals surface area (Å²) in [5, 5.41) is 3.41. The summed E-state index contributed by atoms with van der Waals surface area (Å²) in [7, 11) is -3.57. The van der Waals surface area contributed by atoms with Crippen molar-refractivity contribution in [1.29, 1.82) is 0 Å². The monoisotopic (exact) mass is 427 g/mol. The summed E-state index contributed by atoms with van der Waals surface area (Å²) in [4.78, 5) is 2.38. The molecule has 6 nitrogen and oxygen atoms in total. The number of sulfonamides is 1. The highest BCUT2D eigenvalue weighted by atomic mass is 32.3. The van der Waals surface area contributed by atoms with Crippen molar-refractivity contribution in [2.45, 2.75) is 29.8 Å². The molecule has 2 aromatic carbocycles. The summed E-state index contributed by atoms with van der Waals surface area (Å²) in [6.07, 6.45) is -3.98. The smallest absolute Gasteiger partial charge is 0.573 e. The van der Waals surface area contributed by atoms with Crippen LogP contribution in [0.2, 0.25) is 0 Å². The predicted octanol–water partition coefficient (Wildman–Crippen LogP) is 3.15. The minimum absolute atomic E-state index is 0.232. The van der Waals surface area contributed by atoms with E-state index in [1.807, 2.05) is 0 Å². The highest BCUT2D eigenvalue weighted by Crippen LogP contribution is 2.34. The lowest BCUT2D eigenvalue weighted by atomic mass is 9.98. The fraction of sp³-hybridized carbons (Fsp3) is 0.368. The van der Waals surface area contributed by atoms with Crippen molar-refractivity contribution in [3.05, 3.63) is 54.1 Å². The van der Waals surface area contributed by atoms with Gasteiger partial charge in [-0.25, -0.2) is 0 Å². The molecule has 1 saturated heterocycles. The van der Waals surface area contributed by atoms with Crippen LogP contribution in [0.25, 0.3) is 0 Å². The first-order valence-electron chi connectivity index (χ1n) is 9.08. The van der Waals surface area contributed by atoms with Crippen LogP contribution >= 0.6 is 0 Å². The number of ether oxygens (including phenoxy) is 1. The summed E-state index contributed by atoms with van der Waals surface area (Å²) in [6, 6.07) is 12.6. The maximum atomic E-state index is 12.5. The molecule has 0 saturated carbocycles. The van der Waals surface area contributed by atoms with Gasteiger partial charge in [-0.05, 0) is 36.2 Å². The summed E-state index contributed by atoms with van der Waals surface area (Å²) in [6.45, 7) is 2.14. The van der Waals surface area contributed by atoms with E-state index in [0.29, 0.717) is 18.8 Å². The molecule has 29 heavy (non-hydrogen) atoms. The molecule has 2 heterocycles. The van der Waals surface area contributed by atoms with Gasteiger partial charge in [-0.1, -0.05) is 28.5 Å². The van der Waals surface area contributed by atoms with Crippen molar-refractivity contribution in [3.8, 4) is 5.75 Å². The van der Waals surface area contributed by atoms with Crippen LogP contribution in [-0.2, 0) is 21.2 Å². The van der Waals surface area contributed by atoms with E-state index in [9.17, 15) is 21.9 Å². The largest absolute Gasteiger partial charge is 0.593 e. The second-order valence-corrected chi connectivity index (χ2v) is 9.11. The Hall–Kier alpha value is -2.14. The van der Waals surface area contributed by atoms with Gasteiger partial charge in [0.15, 0.2) is 15.3 Å². The average molecular weight is 427 g/mol. The topological polar surface area (TPSA) is 76.7 Å². The SMILES string of the molecule is O=[S+]1([O-])NCC2(CCN(Cc3ccc(OC(F)(F)F)cc3)C2)Nc2ccccc21. The quantitative estimate of drug-likeness (QED) is 0.736. The van der Waals surface area contributed by atoms with Crippen LogP contribution in [0, 0.1) is 0 Å². The van der Waals surface area contributed by atoms with Gasteiger partial charge in [-0.15, -0.1) is 17.9 Å². The molecular weight excluding hydrogens is 407 g/mol. The molecule has 2 N–H and O–H groups in total. The maximum absolute atomic E-state index is 12.5. The van der Waals surface area contributed by atoms with E-state index in [-0.39, 0.29) is 17.2 Å². The minimum Gasteiger partial charge on any atom is -0.593 e. The van der Waals surface area contributed by atoms with Gasteiger partial charge < -0.3 is 14.6 Å². The molecule has 10 heteroatoms. The maximum Gasteiger partial charge on any atom is 0.573 e. The molecule has 0 radical (unpaired) electrons. The fourth-order valence-electron chi connectivity index (χ4n) is 3.84. The van der Waals surface area contributed by atoms with Crippen LogP contribution in [0.3, 0.4) is 0 Å². The lowest BCUT2D eigenvalue weighted by Gasteiger charge is -2.29. The van der Waals surface area contributed by atoms with Gasteiger partial charge in [0.25, 0.3) is 0 Å². The number of hydrogen-bond acceptors (Lipinski definition) is 5. The third-order valence-electron chi connectivity index (χ3n) is 5.17. The Bertz CT molecular complexity index is 938. The lowest BCUT2D eigenvalue weighted by molar-refractivity contribution is -0.274. The molecule has 4 rings (SSSR count). The standard InChI is InChI=1S/C19H20F3N3O3S/c20-19(21,22)28-15-7-5-14(6-8-15)11-25-10-9-18(13-25)12-23-29(26,27)17-4-2-1-3-16(17)24-18/h1-8,24H,9-13H2,(H-,23,26,27). The number of benzene rings is 2. The molecule has 1 spiro atoms. The van der Waals surface area contributed by atoms with Crippen LogP contribution in [0.5, 0.6) is 5.75 Å². The van der Waals surface area contributed by atoms with Gasteiger partial charge in [0.05, 0.1) is 17.8 Å². The van der Waals surface area contributed by atoms with Crippen LogP contribution < -0.4 is 14.8 Å². The number of hydrogen-bond donors (Lipinski definition) is 2. The predicted molar refractivity (Wildman–Crippen MR) is 101 cm³/mol. The van der Waals surface area contributed by atoms with Crippen LogP contribution in [-0.4, -0.2) is 41.0 Å². The summed E-state index contributed by atoms with van der Waals surface area (Å²) < 4.78 is 68.4. The molecule has 2 unspecified atom stereocenters. The summed E-state index contributed by atoms with van der Waals surface area (Å²) in [5.74, 6) is -0.254. The molecule has 0 bridgehead atoms. The molecule has 156 valence electrons. The highest BCUT2D eigenvalue weighted by molar-refractivity contribution is 7.96. The first-order valence-corrected chi connectivity index (χ1v) is 10.6. The van der Waals surface area contributed by atoms with Crippen molar-refractivity contribution in [1.82, 2.24) is 9.62 Å². The molecule has 0 aromatic heterocycles. The van der Waals surface area contributed by atoms with E-state index in [1.54, 1.807) is 36.4 Å². The molecule has 1 fully saturated rings. The van der Waals surface area contributed by atoms with E-state index in [0.717, 1.165) is 18.5 Å². The number of halogens is 3. The first-order chi connectivity index (χ1) is 13.6. The number of likely N-dealkylation sites (tertiary alicyclic amines) is 1. The Morgan fingerprint density at radius 3 is 2.62 bits per heavy atom. The number of rotatable bonds is 3. The molecule has 2 aliphatic heterocycles. The number of anilines is 1. The van der Waals surface area contributed by atoms with Crippen molar-refractivity contribution in [2.75, 3.05) is 25.0 Å². The van der Waals surface area contributed by atoms with Crippen LogP contribution in [0.15, 0.2) is 53.4 Å². The number of alkyl halides is 3. The van der Waals surface area contributed by atoms with Gasteiger partial charge in [-0.2, -0.15) is 0 Å². The molecular formula is C19H20F3N3O3S. The minimum atomic E-state index is -4.71. The number of nitrogens with zero attached hydrogens (tertiary/aromatic N) is 1. The van der Waals surface area contributed by atoms with Gasteiger partial charge in [0.2, 0.25) is 0 Å². The summed E-state index contributed by atoms with van der Waals surface area (Å²) >= 11 is 0. The van der Waals surface area contributed by atoms with Gasteiger partial charge >= 0.3 is 6.36 Å². The van der Waals surface area contributed by atoms with E-state index < -0.39 is 22.3 Å². The Morgan fingerprint density at radius 2 is 1.90 bits per heavy atom. The van der Waals surface area contributed by atoms with Crippen LogP contribution in [0.1, 0.15) is 12.0 Å². The molecule has 2 aromatic rings. The Kier molecular flexibility index (Phi) is 5.06. The lowest BCUT2D eigenvalue weighted by Crippen LogP contribution is -2.49. The van der Waals surface area contributed by atoms with Crippen LogP contribution in [0.4, 0.5) is 18.9 Å².